The highest BCUT2D eigenvalue weighted by atomic mass is 19.3. The lowest BCUT2D eigenvalue weighted by Gasteiger charge is -2.36. The third-order valence-corrected chi connectivity index (χ3v) is 2.88. The molecule has 0 atom stereocenters. The number of nitrogens with one attached hydrogen (secondary N) is 1. The predicted molar refractivity (Wildman–Crippen MR) is 62.7 cm³/mol. The van der Waals surface area contributed by atoms with Gasteiger partial charge in [-0.25, -0.2) is 8.78 Å². The summed E-state index contributed by atoms with van der Waals surface area (Å²) in [5.74, 6) is -2.61. The molecule has 1 aromatic rings. The van der Waals surface area contributed by atoms with Gasteiger partial charge in [0, 0.05) is 31.1 Å². The summed E-state index contributed by atoms with van der Waals surface area (Å²) in [7, 11) is 0. The lowest BCUT2D eigenvalue weighted by Crippen LogP contribution is -2.41. The smallest absolute Gasteiger partial charge is 0.274 e. The van der Waals surface area contributed by atoms with Gasteiger partial charge in [-0.05, 0) is 26.0 Å². The second-order valence-corrected chi connectivity index (χ2v) is 4.85. The summed E-state index contributed by atoms with van der Waals surface area (Å²) in [6.07, 6.45) is 1.10. The number of nitrogens with zero attached hydrogens (tertiary/aromatic N) is 1. The minimum atomic E-state index is -2.61. The number of hydrogen-bond donors (Lipinski definition) is 1. The standard InChI is InChI=1S/C12H16F2N2O/c1-8(2)15-10-4-3-5-16(11(10)17)9-6-12(13,14)7-9/h3-5,8-9,15H,6-7H2,1-2H3. The van der Waals surface area contributed by atoms with Gasteiger partial charge in [-0.3, -0.25) is 4.79 Å². The van der Waals surface area contributed by atoms with Crippen molar-refractivity contribution in [2.24, 2.45) is 0 Å². The van der Waals surface area contributed by atoms with E-state index in [0.717, 1.165) is 0 Å². The first kappa shape index (κ1) is 12.1. The van der Waals surface area contributed by atoms with Crippen LogP contribution in [0.25, 0.3) is 0 Å². The topological polar surface area (TPSA) is 34.0 Å². The Morgan fingerprint density at radius 3 is 2.65 bits per heavy atom. The Labute approximate surface area is 98.5 Å². The predicted octanol–water partition coefficient (Wildman–Crippen LogP) is 2.64. The molecule has 1 aliphatic rings. The van der Waals surface area contributed by atoms with Gasteiger partial charge in [-0.2, -0.15) is 0 Å². The normalized spacial score (nSPS) is 19.1. The summed E-state index contributed by atoms with van der Waals surface area (Å²) < 4.78 is 27.0. The van der Waals surface area contributed by atoms with Gasteiger partial charge in [0.05, 0.1) is 0 Å². The number of rotatable bonds is 3. The van der Waals surface area contributed by atoms with Crippen molar-refractivity contribution in [3.05, 3.63) is 28.7 Å². The zero-order valence-corrected chi connectivity index (χ0v) is 9.91. The number of hydrogen-bond acceptors (Lipinski definition) is 2. The van der Waals surface area contributed by atoms with Crippen LogP contribution in [0, 0.1) is 0 Å². The minimum absolute atomic E-state index is 0.140. The molecule has 0 aromatic carbocycles. The zero-order valence-electron chi connectivity index (χ0n) is 9.91. The molecule has 0 bridgehead atoms. The van der Waals surface area contributed by atoms with Gasteiger partial charge in [0.1, 0.15) is 5.69 Å². The molecule has 1 saturated carbocycles. The largest absolute Gasteiger partial charge is 0.378 e. The second kappa shape index (κ2) is 4.13. The Morgan fingerprint density at radius 2 is 2.12 bits per heavy atom. The molecule has 3 nitrogen and oxygen atoms in total. The van der Waals surface area contributed by atoms with Crippen LogP contribution in [0.1, 0.15) is 32.7 Å². The molecule has 0 aliphatic heterocycles. The molecule has 1 fully saturated rings. The summed E-state index contributed by atoms with van der Waals surface area (Å²) in [4.78, 5) is 12.0. The van der Waals surface area contributed by atoms with Gasteiger partial charge in [-0.1, -0.05) is 0 Å². The van der Waals surface area contributed by atoms with Gasteiger partial charge in [0.15, 0.2) is 0 Å². The van der Waals surface area contributed by atoms with Crippen molar-refractivity contribution in [1.82, 2.24) is 4.57 Å². The van der Waals surface area contributed by atoms with Crippen molar-refractivity contribution >= 4 is 5.69 Å². The minimum Gasteiger partial charge on any atom is -0.378 e. The SMILES string of the molecule is CC(C)Nc1cccn(C2CC(F)(F)C2)c1=O. The first-order valence-corrected chi connectivity index (χ1v) is 5.74. The second-order valence-electron chi connectivity index (χ2n) is 4.85. The molecule has 1 N–H and O–H groups in total. The molecular formula is C12H16F2N2O. The Morgan fingerprint density at radius 1 is 1.47 bits per heavy atom. The summed E-state index contributed by atoms with van der Waals surface area (Å²) in [5.41, 5.74) is 0.249. The van der Waals surface area contributed by atoms with E-state index in [4.69, 9.17) is 0 Å². The van der Waals surface area contributed by atoms with Crippen LogP contribution >= 0.6 is 0 Å². The zero-order chi connectivity index (χ0) is 12.6. The van der Waals surface area contributed by atoms with Gasteiger partial charge >= 0.3 is 0 Å². The lowest BCUT2D eigenvalue weighted by atomic mass is 9.88. The van der Waals surface area contributed by atoms with Crippen LogP contribution < -0.4 is 10.9 Å². The number of halogens is 2. The van der Waals surface area contributed by atoms with E-state index >= 15 is 0 Å². The molecule has 94 valence electrons. The van der Waals surface area contributed by atoms with E-state index in [2.05, 4.69) is 5.32 Å². The molecular weight excluding hydrogens is 226 g/mol. The number of alkyl halides is 2. The third-order valence-electron chi connectivity index (χ3n) is 2.88. The van der Waals surface area contributed by atoms with E-state index in [-0.39, 0.29) is 30.5 Å². The Balaban J connectivity index is 2.22. The number of aromatic nitrogens is 1. The van der Waals surface area contributed by atoms with Crippen molar-refractivity contribution in [3.63, 3.8) is 0 Å². The molecule has 2 rings (SSSR count). The Bertz CT molecular complexity index is 460. The summed E-state index contributed by atoms with van der Waals surface area (Å²) in [5, 5.41) is 3.02. The lowest BCUT2D eigenvalue weighted by molar-refractivity contribution is -0.104. The van der Waals surface area contributed by atoms with Gasteiger partial charge in [0.25, 0.3) is 11.5 Å². The number of anilines is 1. The van der Waals surface area contributed by atoms with Gasteiger partial charge < -0.3 is 9.88 Å². The first-order valence-electron chi connectivity index (χ1n) is 5.74. The molecule has 1 aliphatic carbocycles. The molecule has 17 heavy (non-hydrogen) atoms. The fraction of sp³-hybridized carbons (Fsp3) is 0.583. The Kier molecular flexibility index (Phi) is 2.93. The van der Waals surface area contributed by atoms with E-state index in [1.54, 1.807) is 18.3 Å². The fourth-order valence-corrected chi connectivity index (χ4v) is 2.04. The van der Waals surface area contributed by atoms with Crippen molar-refractivity contribution in [2.75, 3.05) is 5.32 Å². The summed E-state index contributed by atoms with van der Waals surface area (Å²) >= 11 is 0. The molecule has 5 heteroatoms. The van der Waals surface area contributed by atoms with Gasteiger partial charge in [0.2, 0.25) is 0 Å². The summed E-state index contributed by atoms with van der Waals surface area (Å²) in [6, 6.07) is 3.16. The average Bonchev–Trinajstić information content (AvgIpc) is 2.17. The maximum Gasteiger partial charge on any atom is 0.274 e. The molecule has 1 heterocycles. The number of pyridine rings is 1. The van der Waals surface area contributed by atoms with Crippen LogP contribution in [-0.2, 0) is 0 Å². The van der Waals surface area contributed by atoms with Crippen molar-refractivity contribution < 1.29 is 8.78 Å². The van der Waals surface area contributed by atoms with Crippen molar-refractivity contribution in [1.29, 1.82) is 0 Å². The van der Waals surface area contributed by atoms with Crippen LogP contribution in [0.4, 0.5) is 14.5 Å². The van der Waals surface area contributed by atoms with Crippen LogP contribution in [0.5, 0.6) is 0 Å². The molecule has 0 unspecified atom stereocenters. The summed E-state index contributed by atoms with van der Waals surface area (Å²) in [6.45, 7) is 3.85. The van der Waals surface area contributed by atoms with Crippen LogP contribution in [0.3, 0.4) is 0 Å². The monoisotopic (exact) mass is 242 g/mol. The molecule has 1 aromatic heterocycles. The van der Waals surface area contributed by atoms with Crippen LogP contribution in [-0.4, -0.2) is 16.5 Å². The highest BCUT2D eigenvalue weighted by Crippen LogP contribution is 2.44. The van der Waals surface area contributed by atoms with E-state index in [1.165, 1.54) is 4.57 Å². The third kappa shape index (κ3) is 2.48. The Hall–Kier alpha value is -1.39. The van der Waals surface area contributed by atoms with E-state index in [0.29, 0.717) is 5.69 Å². The van der Waals surface area contributed by atoms with Gasteiger partial charge in [-0.15, -0.1) is 0 Å². The molecule has 0 spiro atoms. The highest BCUT2D eigenvalue weighted by Gasteiger charge is 2.46. The highest BCUT2D eigenvalue weighted by molar-refractivity contribution is 5.41. The molecule has 0 radical (unpaired) electrons. The maximum absolute atomic E-state index is 12.8. The molecule has 0 saturated heterocycles. The molecule has 0 amide bonds. The quantitative estimate of drug-likeness (QED) is 0.884. The van der Waals surface area contributed by atoms with E-state index < -0.39 is 5.92 Å². The van der Waals surface area contributed by atoms with Crippen LogP contribution in [0.2, 0.25) is 0 Å². The average molecular weight is 242 g/mol. The fourth-order valence-electron chi connectivity index (χ4n) is 2.04. The van der Waals surface area contributed by atoms with Crippen molar-refractivity contribution in [2.45, 2.75) is 44.7 Å². The van der Waals surface area contributed by atoms with Crippen LogP contribution in [0.15, 0.2) is 23.1 Å². The first-order chi connectivity index (χ1) is 7.89. The van der Waals surface area contributed by atoms with E-state index in [1.807, 2.05) is 13.8 Å². The van der Waals surface area contributed by atoms with E-state index in [9.17, 15) is 13.6 Å². The van der Waals surface area contributed by atoms with Crippen molar-refractivity contribution in [3.8, 4) is 0 Å². The maximum atomic E-state index is 12.8.